The lowest BCUT2D eigenvalue weighted by Crippen LogP contribution is -2.46. The van der Waals surface area contributed by atoms with Crippen LogP contribution in [-0.2, 0) is 11.2 Å². The van der Waals surface area contributed by atoms with Crippen LogP contribution in [0.2, 0.25) is 0 Å². The Morgan fingerprint density at radius 3 is 3.00 bits per heavy atom. The molecule has 6 nitrogen and oxygen atoms in total. The van der Waals surface area contributed by atoms with Crippen molar-refractivity contribution in [2.24, 2.45) is 5.10 Å². The van der Waals surface area contributed by atoms with Crippen molar-refractivity contribution >= 4 is 41.1 Å². The van der Waals surface area contributed by atoms with Gasteiger partial charge < -0.3 is 15.7 Å². The van der Waals surface area contributed by atoms with Crippen LogP contribution in [0, 0.1) is 0 Å². The number of fused-ring (bicyclic) bond motifs is 2. The maximum Gasteiger partial charge on any atom is 0.464 e. The zero-order valence-electron chi connectivity index (χ0n) is 13.3. The lowest BCUT2D eigenvalue weighted by atomic mass is 9.71. The van der Waals surface area contributed by atoms with E-state index < -0.39 is 7.05 Å². The molecule has 3 N–H and O–H groups in total. The van der Waals surface area contributed by atoms with Gasteiger partial charge in [-0.25, -0.2) is 0 Å². The molecule has 0 atom stereocenters. The Bertz CT molecular complexity index is 990. The minimum Gasteiger partial charge on any atom is -0.428 e. The van der Waals surface area contributed by atoms with E-state index in [-0.39, 0.29) is 12.3 Å². The van der Waals surface area contributed by atoms with Crippen LogP contribution in [0.15, 0.2) is 60.0 Å². The van der Waals surface area contributed by atoms with E-state index in [1.807, 2.05) is 42.5 Å². The number of rotatable bonds is 3. The van der Waals surface area contributed by atoms with Crippen molar-refractivity contribution in [3.05, 3.63) is 66.0 Å². The van der Waals surface area contributed by atoms with E-state index in [2.05, 4.69) is 20.7 Å². The van der Waals surface area contributed by atoms with Crippen molar-refractivity contribution in [3.63, 3.8) is 0 Å². The smallest absolute Gasteiger partial charge is 0.428 e. The molecule has 0 aliphatic carbocycles. The molecule has 3 aromatic rings. The van der Waals surface area contributed by atoms with Crippen molar-refractivity contribution < 1.29 is 9.82 Å². The topological polar surface area (TPSA) is 86.6 Å². The van der Waals surface area contributed by atoms with Crippen molar-refractivity contribution in [3.8, 4) is 0 Å². The predicted octanol–water partition coefficient (Wildman–Crippen LogP) is 1.04. The summed E-state index contributed by atoms with van der Waals surface area (Å²) < 4.78 is 0. The number of hydrazone groups is 1. The van der Waals surface area contributed by atoms with Gasteiger partial charge in [-0.3, -0.25) is 9.78 Å². The van der Waals surface area contributed by atoms with Crippen LogP contribution in [0.25, 0.3) is 10.8 Å². The number of hydrogen-bond acceptors (Lipinski definition) is 5. The van der Waals surface area contributed by atoms with Gasteiger partial charge in [0.25, 0.3) is 0 Å². The van der Waals surface area contributed by atoms with Gasteiger partial charge in [0.15, 0.2) is 0 Å². The molecule has 0 unspecified atom stereocenters. The number of hydrogen-bond donors (Lipinski definition) is 3. The Morgan fingerprint density at radius 2 is 2.08 bits per heavy atom. The Balaban J connectivity index is 1.49. The van der Waals surface area contributed by atoms with Crippen LogP contribution in [0.1, 0.15) is 11.1 Å². The summed E-state index contributed by atoms with van der Waals surface area (Å²) in [5.41, 5.74) is 3.18. The number of anilines is 1. The minimum atomic E-state index is -0.810. The molecule has 25 heavy (non-hydrogen) atoms. The van der Waals surface area contributed by atoms with E-state index in [9.17, 15) is 9.82 Å². The first-order valence-corrected chi connectivity index (χ1v) is 7.92. The summed E-state index contributed by atoms with van der Waals surface area (Å²) in [7, 11) is -0.810. The maximum atomic E-state index is 12.3. The third-order valence-corrected chi connectivity index (χ3v) is 4.14. The monoisotopic (exact) mass is 330 g/mol. The van der Waals surface area contributed by atoms with Gasteiger partial charge in [0.2, 0.25) is 5.91 Å². The molecule has 1 aliphatic heterocycles. The Labute approximate surface area is 144 Å². The highest BCUT2D eigenvalue weighted by Gasteiger charge is 2.21. The summed E-state index contributed by atoms with van der Waals surface area (Å²) >= 11 is 0. The molecule has 0 spiro atoms. The molecule has 0 saturated heterocycles. The molecular formula is C18H15BN4O2. The van der Waals surface area contributed by atoms with Gasteiger partial charge in [-0.2, -0.15) is 5.10 Å². The van der Waals surface area contributed by atoms with E-state index in [4.69, 9.17) is 0 Å². The van der Waals surface area contributed by atoms with Crippen LogP contribution in [0.4, 0.5) is 5.69 Å². The molecule has 0 fully saturated rings. The number of carbonyl (C=O) groups is 1. The van der Waals surface area contributed by atoms with Gasteiger partial charge in [-0.05, 0) is 46.2 Å². The minimum absolute atomic E-state index is 0.0974. The third-order valence-electron chi connectivity index (χ3n) is 4.14. The lowest BCUT2D eigenvalue weighted by Gasteiger charge is -2.15. The van der Waals surface area contributed by atoms with E-state index in [0.29, 0.717) is 0 Å². The van der Waals surface area contributed by atoms with Crippen LogP contribution < -0.4 is 16.1 Å². The number of nitrogens with zero attached hydrogens (tertiary/aromatic N) is 2. The summed E-state index contributed by atoms with van der Waals surface area (Å²) in [6, 6.07) is 13.2. The van der Waals surface area contributed by atoms with Crippen molar-refractivity contribution in [2.45, 2.75) is 6.42 Å². The fraction of sp³-hybridized carbons (Fsp3) is 0.0556. The number of carbonyl (C=O) groups excluding carboxylic acids is 1. The van der Waals surface area contributed by atoms with E-state index >= 15 is 0 Å². The second-order valence-electron chi connectivity index (χ2n) is 5.92. The maximum absolute atomic E-state index is 12.3. The average Bonchev–Trinajstić information content (AvgIpc) is 2.61. The van der Waals surface area contributed by atoms with Gasteiger partial charge in [0.05, 0.1) is 12.6 Å². The van der Waals surface area contributed by atoms with Gasteiger partial charge in [-0.15, -0.1) is 0 Å². The zero-order valence-corrected chi connectivity index (χ0v) is 13.3. The number of nitrogens with one attached hydrogen (secondary N) is 2. The van der Waals surface area contributed by atoms with E-state index in [0.717, 1.165) is 33.0 Å². The van der Waals surface area contributed by atoms with Gasteiger partial charge in [-0.1, -0.05) is 18.2 Å². The molecule has 4 rings (SSSR count). The molecule has 122 valence electrons. The zero-order chi connectivity index (χ0) is 17.2. The third kappa shape index (κ3) is 3.22. The summed E-state index contributed by atoms with van der Waals surface area (Å²) in [6.07, 6.45) is 5.41. The molecule has 0 bridgehead atoms. The molecule has 1 aliphatic rings. The van der Waals surface area contributed by atoms with Crippen LogP contribution >= 0.6 is 0 Å². The summed E-state index contributed by atoms with van der Waals surface area (Å²) in [5.74, 6) is -0.0974. The first-order chi connectivity index (χ1) is 12.2. The molecule has 0 saturated carbocycles. The van der Waals surface area contributed by atoms with Crippen LogP contribution in [0.5, 0.6) is 0 Å². The molecule has 1 aromatic heterocycles. The summed E-state index contributed by atoms with van der Waals surface area (Å²) in [6.45, 7) is 0. The van der Waals surface area contributed by atoms with Gasteiger partial charge >= 0.3 is 7.05 Å². The highest BCUT2D eigenvalue weighted by Crippen LogP contribution is 2.18. The average molecular weight is 330 g/mol. The highest BCUT2D eigenvalue weighted by molar-refractivity contribution is 6.65. The SMILES string of the molecule is O=C(Cc1ccc2c(c1)C=NNB2O)Nc1ccc2cnccc2c1. The fourth-order valence-electron chi connectivity index (χ4n) is 2.89. The largest absolute Gasteiger partial charge is 0.464 e. The van der Waals surface area contributed by atoms with Gasteiger partial charge in [0, 0.05) is 23.5 Å². The van der Waals surface area contributed by atoms with Crippen LogP contribution in [0.3, 0.4) is 0 Å². The first kappa shape index (κ1) is 15.3. The molecule has 1 amide bonds. The number of pyridine rings is 1. The second-order valence-corrected chi connectivity index (χ2v) is 5.92. The summed E-state index contributed by atoms with van der Waals surface area (Å²) in [5, 5.41) is 21.3. The molecule has 7 heteroatoms. The van der Waals surface area contributed by atoms with Crippen molar-refractivity contribution in [2.75, 3.05) is 5.32 Å². The standard InChI is InChI=1S/C18H15BN4O2/c24-18(22-16-3-2-14-10-20-6-5-13(14)9-16)8-12-1-4-17-15(7-12)11-21-23-19(17)25/h1-7,9-11,23,25H,8H2,(H,22,24). The Kier molecular flexibility index (Phi) is 3.91. The number of amides is 1. The van der Waals surface area contributed by atoms with Crippen LogP contribution in [-0.4, -0.2) is 29.2 Å². The van der Waals surface area contributed by atoms with Crippen molar-refractivity contribution in [1.82, 2.24) is 10.3 Å². The lowest BCUT2D eigenvalue weighted by molar-refractivity contribution is -0.115. The molecule has 2 aromatic carbocycles. The second kappa shape index (κ2) is 6.37. The van der Waals surface area contributed by atoms with E-state index in [1.165, 1.54) is 0 Å². The predicted molar refractivity (Wildman–Crippen MR) is 98.9 cm³/mol. The van der Waals surface area contributed by atoms with Gasteiger partial charge in [0.1, 0.15) is 0 Å². The first-order valence-electron chi connectivity index (χ1n) is 7.92. The molecular weight excluding hydrogens is 315 g/mol. The Hall–Kier alpha value is -3.19. The Morgan fingerprint density at radius 1 is 1.16 bits per heavy atom. The number of benzene rings is 2. The van der Waals surface area contributed by atoms with Crippen molar-refractivity contribution in [1.29, 1.82) is 0 Å². The quantitative estimate of drug-likeness (QED) is 0.627. The molecule has 0 radical (unpaired) electrons. The highest BCUT2D eigenvalue weighted by atomic mass is 16.2. The normalized spacial score (nSPS) is 12.6. The fourth-order valence-corrected chi connectivity index (χ4v) is 2.89. The molecule has 2 heterocycles. The van der Waals surface area contributed by atoms with E-state index in [1.54, 1.807) is 18.6 Å². The number of aromatic nitrogens is 1. The summed E-state index contributed by atoms with van der Waals surface area (Å²) in [4.78, 5) is 16.4.